The van der Waals surface area contributed by atoms with Crippen LogP contribution in [0, 0.1) is 25.5 Å². The normalized spacial score (nSPS) is 13.7. The monoisotopic (exact) mass is 579 g/mol. The fourth-order valence-corrected chi connectivity index (χ4v) is 4.83. The Hall–Kier alpha value is -4.58. The molecule has 12 heteroatoms. The number of carbonyl (C=O) groups excluding carboxylic acids is 1. The lowest BCUT2D eigenvalue weighted by atomic mass is 9.97. The van der Waals surface area contributed by atoms with Crippen LogP contribution in [0.25, 0.3) is 16.9 Å². The molecule has 10 nitrogen and oxygen atoms in total. The summed E-state index contributed by atoms with van der Waals surface area (Å²) in [5, 5.41) is 20.6. The third-order valence-electron chi connectivity index (χ3n) is 6.69. The molecule has 0 saturated carbocycles. The Morgan fingerprint density at radius 3 is 2.62 bits per heavy atom. The summed E-state index contributed by atoms with van der Waals surface area (Å²) in [4.78, 5) is 30.2. The Morgan fingerprint density at radius 2 is 1.93 bits per heavy atom. The molecule has 0 bridgehead atoms. The van der Waals surface area contributed by atoms with Crippen LogP contribution in [0.15, 0.2) is 36.4 Å². The van der Waals surface area contributed by atoms with Gasteiger partial charge < -0.3 is 25.2 Å². The van der Waals surface area contributed by atoms with Crippen LogP contribution in [0.1, 0.15) is 59.7 Å². The number of hydrogen-bond acceptors (Lipinski definition) is 7. The van der Waals surface area contributed by atoms with Gasteiger partial charge in [-0.1, -0.05) is 12.1 Å². The van der Waals surface area contributed by atoms with Crippen molar-refractivity contribution in [3.05, 3.63) is 76.1 Å². The number of carboxylic acids is 1. The molecule has 0 radical (unpaired) electrons. The second kappa shape index (κ2) is 11.0. The van der Waals surface area contributed by atoms with Crippen LogP contribution < -0.4 is 15.4 Å². The second-order valence-electron chi connectivity index (χ2n) is 11.1. The van der Waals surface area contributed by atoms with Gasteiger partial charge >= 0.3 is 5.97 Å². The molecule has 0 saturated heterocycles. The number of rotatable bonds is 7. The first-order valence-corrected chi connectivity index (χ1v) is 13.4. The Balaban J connectivity index is 1.66. The number of halogens is 2. The van der Waals surface area contributed by atoms with Gasteiger partial charge in [-0.3, -0.25) is 4.79 Å². The quantitative estimate of drug-likeness (QED) is 0.280. The Kier molecular flexibility index (Phi) is 7.58. The number of aryl methyl sites for hydroxylation is 2. The molecule has 220 valence electrons. The topological polar surface area (TPSA) is 127 Å². The predicted molar refractivity (Wildman–Crippen MR) is 151 cm³/mol. The van der Waals surface area contributed by atoms with Crippen LogP contribution in [0.5, 0.6) is 5.75 Å². The van der Waals surface area contributed by atoms with Crippen LogP contribution in [0.2, 0.25) is 0 Å². The molecule has 0 fully saturated rings. The number of hydrogen-bond donors (Lipinski definition) is 3. The lowest BCUT2D eigenvalue weighted by Gasteiger charge is -2.28. The number of carbonyl (C=O) groups is 2. The van der Waals surface area contributed by atoms with E-state index in [2.05, 4.69) is 20.7 Å². The van der Waals surface area contributed by atoms with Gasteiger partial charge in [-0.15, -0.1) is 0 Å². The Bertz CT molecular complexity index is 1710. The van der Waals surface area contributed by atoms with E-state index >= 15 is 4.39 Å². The van der Waals surface area contributed by atoms with Crippen molar-refractivity contribution < 1.29 is 33.0 Å². The van der Waals surface area contributed by atoms with Crippen molar-refractivity contribution in [1.82, 2.24) is 19.9 Å². The van der Waals surface area contributed by atoms with E-state index in [1.54, 1.807) is 46.8 Å². The SMILES string of the molecule is Cc1cc(CNC(=O)c2cc3nc(C)c(C(OC(C)(C)C)C(=O)O)c(-c4cc5c(cc4F)OCCN5)n3n2)ccc1F. The van der Waals surface area contributed by atoms with Gasteiger partial charge in [-0.2, -0.15) is 5.10 Å². The molecule has 1 atom stereocenters. The molecule has 0 aliphatic carbocycles. The van der Waals surface area contributed by atoms with Gasteiger partial charge in [0, 0.05) is 42.0 Å². The van der Waals surface area contributed by atoms with Crippen LogP contribution in [0.3, 0.4) is 0 Å². The zero-order chi connectivity index (χ0) is 30.3. The molecule has 42 heavy (non-hydrogen) atoms. The fourth-order valence-electron chi connectivity index (χ4n) is 4.83. The number of aliphatic carboxylic acids is 1. The lowest BCUT2D eigenvalue weighted by Crippen LogP contribution is -2.29. The lowest BCUT2D eigenvalue weighted by molar-refractivity contribution is -0.160. The summed E-state index contributed by atoms with van der Waals surface area (Å²) in [7, 11) is 0. The number of benzene rings is 2. The minimum Gasteiger partial charge on any atom is -0.489 e. The second-order valence-corrected chi connectivity index (χ2v) is 11.1. The number of amides is 1. The van der Waals surface area contributed by atoms with Crippen molar-refractivity contribution in [1.29, 1.82) is 0 Å². The number of fused-ring (bicyclic) bond motifs is 2. The molecule has 3 heterocycles. The molecule has 1 amide bonds. The van der Waals surface area contributed by atoms with E-state index < -0.39 is 29.4 Å². The first-order chi connectivity index (χ1) is 19.8. The first-order valence-electron chi connectivity index (χ1n) is 13.4. The van der Waals surface area contributed by atoms with Crippen molar-refractivity contribution >= 4 is 23.2 Å². The van der Waals surface area contributed by atoms with E-state index in [4.69, 9.17) is 9.47 Å². The molecular weight excluding hydrogens is 548 g/mol. The zero-order valence-electron chi connectivity index (χ0n) is 23.8. The molecule has 1 aliphatic rings. The van der Waals surface area contributed by atoms with Gasteiger partial charge in [0.1, 0.15) is 24.0 Å². The molecule has 4 aromatic rings. The van der Waals surface area contributed by atoms with Crippen molar-refractivity contribution in [3.8, 4) is 17.0 Å². The smallest absolute Gasteiger partial charge is 0.337 e. The number of ether oxygens (including phenoxy) is 2. The molecule has 1 aliphatic heterocycles. The number of carboxylic acid groups (broad SMARTS) is 1. The van der Waals surface area contributed by atoms with Crippen molar-refractivity contribution in [3.63, 3.8) is 0 Å². The van der Waals surface area contributed by atoms with Crippen LogP contribution in [0.4, 0.5) is 14.5 Å². The number of nitrogens with one attached hydrogen (secondary N) is 2. The van der Waals surface area contributed by atoms with E-state index in [9.17, 15) is 19.1 Å². The largest absolute Gasteiger partial charge is 0.489 e. The molecule has 3 N–H and O–H groups in total. The fraction of sp³-hybridized carbons (Fsp3) is 0.333. The maximum atomic E-state index is 15.8. The Labute approximate surface area is 240 Å². The van der Waals surface area contributed by atoms with E-state index in [0.717, 1.165) is 0 Å². The average Bonchev–Trinajstić information content (AvgIpc) is 3.34. The standard InChI is InChI=1S/C30H31F2N5O5/c1-15-10-17(6-7-19(15)31)14-34-28(38)22-13-24-35-16(2)25(27(29(39)40)42-30(3,4)5)26(37(24)36-22)18-11-21-23(12-20(18)32)41-9-8-33-21/h6-7,10-13,27,33H,8-9,14H2,1-5H3,(H,34,38)(H,39,40). The van der Waals surface area contributed by atoms with Crippen LogP contribution in [-0.2, 0) is 16.1 Å². The number of aromatic nitrogens is 3. The van der Waals surface area contributed by atoms with Crippen LogP contribution >= 0.6 is 0 Å². The summed E-state index contributed by atoms with van der Waals surface area (Å²) in [5.41, 5.74) is 1.43. The first kappa shape index (κ1) is 28.9. The van der Waals surface area contributed by atoms with Gasteiger partial charge in [0.25, 0.3) is 5.91 Å². The van der Waals surface area contributed by atoms with E-state index in [1.165, 1.54) is 28.8 Å². The molecule has 2 aromatic heterocycles. The van der Waals surface area contributed by atoms with Crippen LogP contribution in [-0.4, -0.2) is 50.3 Å². The summed E-state index contributed by atoms with van der Waals surface area (Å²) >= 11 is 0. The highest BCUT2D eigenvalue weighted by Gasteiger charge is 2.34. The summed E-state index contributed by atoms with van der Waals surface area (Å²) in [6.45, 7) is 9.35. The molecule has 2 aromatic carbocycles. The van der Waals surface area contributed by atoms with Gasteiger partial charge in [0.05, 0.1) is 17.0 Å². The zero-order valence-corrected chi connectivity index (χ0v) is 23.8. The summed E-state index contributed by atoms with van der Waals surface area (Å²) in [5.74, 6) is -2.55. The van der Waals surface area contributed by atoms with Gasteiger partial charge in [-0.25, -0.2) is 23.1 Å². The maximum Gasteiger partial charge on any atom is 0.337 e. The minimum atomic E-state index is -1.53. The molecule has 1 unspecified atom stereocenters. The molecule has 5 rings (SSSR count). The van der Waals surface area contributed by atoms with Crippen molar-refractivity contribution in [2.45, 2.75) is 52.9 Å². The van der Waals surface area contributed by atoms with Crippen molar-refractivity contribution in [2.75, 3.05) is 18.5 Å². The van der Waals surface area contributed by atoms with E-state index in [1.807, 2.05) is 0 Å². The average molecular weight is 580 g/mol. The van der Waals surface area contributed by atoms with Gasteiger partial charge in [0.2, 0.25) is 0 Å². The summed E-state index contributed by atoms with van der Waals surface area (Å²) in [6.07, 6.45) is -1.53. The molecular formula is C30H31F2N5O5. The maximum absolute atomic E-state index is 15.8. The summed E-state index contributed by atoms with van der Waals surface area (Å²) < 4.78 is 42.2. The summed E-state index contributed by atoms with van der Waals surface area (Å²) in [6, 6.07) is 8.71. The third-order valence-corrected chi connectivity index (χ3v) is 6.69. The highest BCUT2D eigenvalue weighted by molar-refractivity contribution is 5.93. The highest BCUT2D eigenvalue weighted by atomic mass is 19.1. The van der Waals surface area contributed by atoms with Gasteiger partial charge in [0.15, 0.2) is 17.4 Å². The highest BCUT2D eigenvalue weighted by Crippen LogP contribution is 2.40. The van der Waals surface area contributed by atoms with Gasteiger partial charge in [-0.05, 0) is 57.9 Å². The number of anilines is 1. The third kappa shape index (κ3) is 5.75. The van der Waals surface area contributed by atoms with Crippen molar-refractivity contribution in [2.24, 2.45) is 0 Å². The Morgan fingerprint density at radius 1 is 1.17 bits per heavy atom. The minimum absolute atomic E-state index is 0.0254. The van der Waals surface area contributed by atoms with E-state index in [0.29, 0.717) is 35.7 Å². The predicted octanol–water partition coefficient (Wildman–Crippen LogP) is 4.97. The molecule has 0 spiro atoms. The van der Waals surface area contributed by atoms with E-state index in [-0.39, 0.29) is 46.2 Å². The number of nitrogens with zero attached hydrogens (tertiary/aromatic N) is 3.